The Morgan fingerprint density at radius 1 is 1.20 bits per heavy atom. The quantitative estimate of drug-likeness (QED) is 0.491. The van der Waals surface area contributed by atoms with Gasteiger partial charge in [-0.05, 0) is 24.3 Å². The summed E-state index contributed by atoms with van der Waals surface area (Å²) in [6.45, 7) is 0. The summed E-state index contributed by atoms with van der Waals surface area (Å²) in [4.78, 5) is 17.5. The molecule has 0 aliphatic carbocycles. The number of fused-ring (bicyclic) bond motifs is 1. The number of aromatic amines is 1. The molecule has 0 unspecified atom stereocenters. The van der Waals surface area contributed by atoms with E-state index in [1.807, 2.05) is 24.1 Å². The van der Waals surface area contributed by atoms with Gasteiger partial charge in [0.1, 0.15) is 17.7 Å². The predicted octanol–water partition coefficient (Wildman–Crippen LogP) is 1.40. The van der Waals surface area contributed by atoms with Gasteiger partial charge in [0.15, 0.2) is 11.5 Å². The van der Waals surface area contributed by atoms with Crippen LogP contribution in [0.3, 0.4) is 0 Å². The van der Waals surface area contributed by atoms with E-state index in [9.17, 15) is 0 Å². The smallest absolute Gasteiger partial charge is 0.182 e. The fourth-order valence-electron chi connectivity index (χ4n) is 1.99. The molecule has 0 aliphatic heterocycles. The van der Waals surface area contributed by atoms with Gasteiger partial charge in [-0.3, -0.25) is 5.41 Å². The molecule has 0 fully saturated rings. The maximum absolute atomic E-state index is 7.39. The Kier molecular flexibility index (Phi) is 2.79. The molecule has 4 N–H and O–H groups in total. The van der Waals surface area contributed by atoms with Crippen LogP contribution in [0.5, 0.6) is 0 Å². The molecule has 0 saturated heterocycles. The minimum Gasteiger partial charge on any atom is -0.384 e. The molecule has 0 bridgehead atoms. The number of imidazole rings is 1. The molecule has 3 aromatic rings. The number of nitrogens with two attached hydrogens (primary N) is 1. The Bertz CT molecular complexity index is 760. The van der Waals surface area contributed by atoms with Gasteiger partial charge >= 0.3 is 0 Å². The first-order valence-electron chi connectivity index (χ1n) is 5.99. The van der Waals surface area contributed by atoms with Crippen molar-refractivity contribution >= 4 is 28.5 Å². The lowest BCUT2D eigenvalue weighted by Crippen LogP contribution is -2.14. The van der Waals surface area contributed by atoms with Crippen molar-refractivity contribution in [2.75, 3.05) is 11.9 Å². The Morgan fingerprint density at radius 3 is 2.65 bits per heavy atom. The number of nitrogens with one attached hydrogen (secondary N) is 2. The number of benzene rings is 1. The molecule has 0 radical (unpaired) electrons. The number of aromatic nitrogens is 4. The lowest BCUT2D eigenvalue weighted by Gasteiger charge is -2.18. The third kappa shape index (κ3) is 1.95. The molecule has 20 heavy (non-hydrogen) atoms. The van der Waals surface area contributed by atoms with Crippen LogP contribution < -0.4 is 10.6 Å². The van der Waals surface area contributed by atoms with Crippen molar-refractivity contribution < 1.29 is 0 Å². The summed E-state index contributed by atoms with van der Waals surface area (Å²) in [6, 6.07) is 7.39. The summed E-state index contributed by atoms with van der Waals surface area (Å²) in [6.07, 6.45) is 3.08. The molecule has 0 atom stereocenters. The first kappa shape index (κ1) is 12.1. The van der Waals surface area contributed by atoms with E-state index in [1.54, 1.807) is 18.5 Å². The van der Waals surface area contributed by atoms with Crippen LogP contribution in [-0.2, 0) is 0 Å². The molecule has 0 spiro atoms. The van der Waals surface area contributed by atoms with E-state index in [4.69, 9.17) is 11.1 Å². The van der Waals surface area contributed by atoms with Crippen molar-refractivity contribution in [1.29, 1.82) is 5.41 Å². The molecular formula is C13H13N7. The fourth-order valence-corrected chi connectivity index (χ4v) is 1.99. The summed E-state index contributed by atoms with van der Waals surface area (Å²) >= 11 is 0. The highest BCUT2D eigenvalue weighted by Gasteiger charge is 2.12. The molecule has 100 valence electrons. The van der Waals surface area contributed by atoms with Crippen LogP contribution in [0, 0.1) is 5.41 Å². The maximum Gasteiger partial charge on any atom is 0.182 e. The highest BCUT2D eigenvalue weighted by Crippen LogP contribution is 2.26. The minimum atomic E-state index is 0.0530. The normalized spacial score (nSPS) is 10.7. The molecule has 7 nitrogen and oxygen atoms in total. The number of anilines is 2. The first-order chi connectivity index (χ1) is 9.66. The molecule has 3 rings (SSSR count). The number of nitrogens with zero attached hydrogens (tertiary/aromatic N) is 4. The third-order valence-corrected chi connectivity index (χ3v) is 3.09. The van der Waals surface area contributed by atoms with Crippen LogP contribution in [0.15, 0.2) is 36.9 Å². The third-order valence-electron chi connectivity index (χ3n) is 3.09. The molecule has 2 aromatic heterocycles. The number of hydrogen-bond acceptors (Lipinski definition) is 5. The molecule has 2 heterocycles. The van der Waals surface area contributed by atoms with Crippen LogP contribution in [0.25, 0.3) is 11.2 Å². The van der Waals surface area contributed by atoms with Crippen LogP contribution >= 0.6 is 0 Å². The highest BCUT2D eigenvalue weighted by molar-refractivity contribution is 5.95. The van der Waals surface area contributed by atoms with E-state index in [-0.39, 0.29) is 5.84 Å². The SMILES string of the molecule is CN(c1ccc(C(=N)N)cc1)c1ncnc2nc[nH]c12. The second kappa shape index (κ2) is 4.61. The van der Waals surface area contributed by atoms with Gasteiger partial charge in [-0.1, -0.05) is 0 Å². The van der Waals surface area contributed by atoms with Crippen molar-refractivity contribution in [2.45, 2.75) is 0 Å². The lowest BCUT2D eigenvalue weighted by molar-refractivity contribution is 1.10. The lowest BCUT2D eigenvalue weighted by atomic mass is 10.2. The van der Waals surface area contributed by atoms with E-state index in [1.165, 1.54) is 6.33 Å². The highest BCUT2D eigenvalue weighted by atomic mass is 15.2. The molecule has 0 amide bonds. The van der Waals surface area contributed by atoms with Gasteiger partial charge in [-0.2, -0.15) is 0 Å². The standard InChI is InChI=1S/C13H13N7/c1-20(9-4-2-8(3-5-9)11(14)15)13-10-12(17-6-16-10)18-7-19-13/h2-7H,1H3,(H3,14,15)(H,16,17,18,19). The maximum atomic E-state index is 7.39. The Morgan fingerprint density at radius 2 is 1.95 bits per heavy atom. The summed E-state index contributed by atoms with van der Waals surface area (Å²) in [5.41, 5.74) is 8.48. The number of rotatable bonds is 3. The van der Waals surface area contributed by atoms with Gasteiger partial charge in [0.05, 0.1) is 6.33 Å². The van der Waals surface area contributed by atoms with Crippen LogP contribution in [0.1, 0.15) is 5.56 Å². The van der Waals surface area contributed by atoms with E-state index < -0.39 is 0 Å². The molecule has 7 heteroatoms. The van der Waals surface area contributed by atoms with Crippen LogP contribution in [-0.4, -0.2) is 32.8 Å². The van der Waals surface area contributed by atoms with E-state index in [2.05, 4.69) is 19.9 Å². The monoisotopic (exact) mass is 267 g/mol. The van der Waals surface area contributed by atoms with Crippen LogP contribution in [0.4, 0.5) is 11.5 Å². The van der Waals surface area contributed by atoms with Gasteiger partial charge in [0, 0.05) is 18.3 Å². The van der Waals surface area contributed by atoms with E-state index in [0.29, 0.717) is 11.2 Å². The Labute approximate surface area is 115 Å². The van der Waals surface area contributed by atoms with E-state index >= 15 is 0 Å². The van der Waals surface area contributed by atoms with Crippen molar-refractivity contribution in [2.24, 2.45) is 5.73 Å². The summed E-state index contributed by atoms with van der Waals surface area (Å²) in [5.74, 6) is 0.792. The number of nitrogen functional groups attached to an aromatic ring is 1. The number of hydrogen-bond donors (Lipinski definition) is 3. The van der Waals surface area contributed by atoms with Gasteiger partial charge in [0.2, 0.25) is 0 Å². The second-order valence-electron chi connectivity index (χ2n) is 4.32. The van der Waals surface area contributed by atoms with Crippen LogP contribution in [0.2, 0.25) is 0 Å². The van der Waals surface area contributed by atoms with Gasteiger partial charge in [-0.25, -0.2) is 15.0 Å². The van der Waals surface area contributed by atoms with Crippen molar-refractivity contribution in [3.8, 4) is 0 Å². The van der Waals surface area contributed by atoms with Gasteiger partial charge < -0.3 is 15.6 Å². The summed E-state index contributed by atoms with van der Waals surface area (Å²) in [5, 5.41) is 7.39. The first-order valence-corrected chi connectivity index (χ1v) is 5.99. The zero-order chi connectivity index (χ0) is 14.1. The summed E-state index contributed by atoms with van der Waals surface area (Å²) in [7, 11) is 1.91. The summed E-state index contributed by atoms with van der Waals surface area (Å²) < 4.78 is 0. The average Bonchev–Trinajstić information content (AvgIpc) is 2.95. The molecule has 1 aromatic carbocycles. The molecular weight excluding hydrogens is 254 g/mol. The van der Waals surface area contributed by atoms with E-state index in [0.717, 1.165) is 17.0 Å². The van der Waals surface area contributed by atoms with Gasteiger partial charge in [0.25, 0.3) is 0 Å². The molecule has 0 aliphatic rings. The fraction of sp³-hybridized carbons (Fsp3) is 0.0769. The van der Waals surface area contributed by atoms with Gasteiger partial charge in [-0.15, -0.1) is 0 Å². The second-order valence-corrected chi connectivity index (χ2v) is 4.32. The average molecular weight is 267 g/mol. The minimum absolute atomic E-state index is 0.0530. The number of amidine groups is 1. The zero-order valence-electron chi connectivity index (χ0n) is 10.8. The Hall–Kier alpha value is -2.96. The molecule has 0 saturated carbocycles. The van der Waals surface area contributed by atoms with Crippen molar-refractivity contribution in [3.63, 3.8) is 0 Å². The topological polar surface area (TPSA) is 108 Å². The largest absolute Gasteiger partial charge is 0.384 e. The number of H-pyrrole nitrogens is 1. The Balaban J connectivity index is 2.01. The predicted molar refractivity (Wildman–Crippen MR) is 77.2 cm³/mol. The zero-order valence-corrected chi connectivity index (χ0v) is 10.8. The van der Waals surface area contributed by atoms with Crippen molar-refractivity contribution in [3.05, 3.63) is 42.5 Å². The van der Waals surface area contributed by atoms with Crippen molar-refractivity contribution in [1.82, 2.24) is 19.9 Å².